The van der Waals surface area contributed by atoms with E-state index in [1.807, 2.05) is 12.1 Å². The van der Waals surface area contributed by atoms with Crippen molar-refractivity contribution in [2.75, 3.05) is 27.4 Å². The Morgan fingerprint density at radius 3 is 1.94 bits per heavy atom. The third-order valence-electron chi connectivity index (χ3n) is 2.46. The van der Waals surface area contributed by atoms with E-state index in [0.29, 0.717) is 18.7 Å². The lowest BCUT2D eigenvalue weighted by atomic mass is 10.0. The fraction of sp³-hybridized carbons (Fsp3) is 0.500. The number of hydrogen-bond donors (Lipinski definition) is 1. The number of nitrogens with two attached hydrogens (primary N) is 1. The van der Waals surface area contributed by atoms with Gasteiger partial charge < -0.3 is 15.2 Å². The lowest BCUT2D eigenvalue weighted by Gasteiger charge is -2.13. The zero-order valence-corrected chi connectivity index (χ0v) is 9.75. The molecule has 0 fully saturated rings. The number of aryl methyl sites for hydroxylation is 1. The molecule has 1 aromatic carbocycles. The second-order valence-electron chi connectivity index (χ2n) is 3.45. The van der Waals surface area contributed by atoms with E-state index in [1.54, 1.807) is 14.2 Å². The van der Waals surface area contributed by atoms with E-state index >= 15 is 0 Å². The van der Waals surface area contributed by atoms with Crippen molar-refractivity contribution in [2.45, 2.75) is 12.8 Å². The molecule has 0 radical (unpaired) electrons. The van der Waals surface area contributed by atoms with Crippen LogP contribution in [-0.2, 0) is 12.8 Å². The van der Waals surface area contributed by atoms with Crippen LogP contribution in [0.2, 0.25) is 0 Å². The molecular formula is C12H18FNO2. The van der Waals surface area contributed by atoms with Gasteiger partial charge in [0.2, 0.25) is 0 Å². The summed E-state index contributed by atoms with van der Waals surface area (Å²) in [7, 11) is 3.18. The first-order valence-electron chi connectivity index (χ1n) is 5.26. The van der Waals surface area contributed by atoms with E-state index in [2.05, 4.69) is 0 Å². The van der Waals surface area contributed by atoms with E-state index < -0.39 is 6.67 Å². The van der Waals surface area contributed by atoms with Gasteiger partial charge in [-0.1, -0.05) is 0 Å². The maximum Gasteiger partial charge on any atom is 0.122 e. The van der Waals surface area contributed by atoms with Gasteiger partial charge in [0.15, 0.2) is 0 Å². The molecule has 0 bridgehead atoms. The smallest absolute Gasteiger partial charge is 0.122 e. The quantitative estimate of drug-likeness (QED) is 0.804. The van der Waals surface area contributed by atoms with Crippen LogP contribution in [0.4, 0.5) is 4.39 Å². The molecule has 0 spiro atoms. The lowest BCUT2D eigenvalue weighted by Crippen LogP contribution is -2.06. The standard InChI is InChI=1S/C12H18FNO2/c1-15-11-8-10(4-6-14)12(16-2)7-9(11)3-5-13/h7-8H,3-6,14H2,1-2H3. The van der Waals surface area contributed by atoms with Crippen LogP contribution in [0.3, 0.4) is 0 Å². The molecule has 90 valence electrons. The number of halogens is 1. The van der Waals surface area contributed by atoms with Crippen molar-refractivity contribution in [3.05, 3.63) is 23.3 Å². The molecule has 0 atom stereocenters. The van der Waals surface area contributed by atoms with Crippen molar-refractivity contribution in [2.24, 2.45) is 5.73 Å². The Hall–Kier alpha value is -1.29. The van der Waals surface area contributed by atoms with Gasteiger partial charge in [-0.25, -0.2) is 0 Å². The van der Waals surface area contributed by atoms with Gasteiger partial charge in [0, 0.05) is 12.0 Å². The van der Waals surface area contributed by atoms with Gasteiger partial charge >= 0.3 is 0 Å². The summed E-state index contributed by atoms with van der Waals surface area (Å²) in [4.78, 5) is 0. The first-order valence-corrected chi connectivity index (χ1v) is 5.26. The Balaban J connectivity index is 3.11. The van der Waals surface area contributed by atoms with Crippen LogP contribution in [0, 0.1) is 0 Å². The second-order valence-corrected chi connectivity index (χ2v) is 3.45. The average Bonchev–Trinajstić information content (AvgIpc) is 2.31. The minimum Gasteiger partial charge on any atom is -0.496 e. The van der Waals surface area contributed by atoms with E-state index in [-0.39, 0.29) is 0 Å². The number of hydrogen-bond acceptors (Lipinski definition) is 3. The third-order valence-corrected chi connectivity index (χ3v) is 2.46. The third kappa shape index (κ3) is 2.85. The first kappa shape index (κ1) is 12.8. The van der Waals surface area contributed by atoms with Crippen molar-refractivity contribution in [3.8, 4) is 11.5 Å². The summed E-state index contributed by atoms with van der Waals surface area (Å²) < 4.78 is 22.8. The molecule has 0 saturated heterocycles. The Labute approximate surface area is 95.4 Å². The van der Waals surface area contributed by atoms with Gasteiger partial charge in [-0.3, -0.25) is 4.39 Å². The highest BCUT2D eigenvalue weighted by molar-refractivity contribution is 5.46. The van der Waals surface area contributed by atoms with Crippen LogP contribution in [0.5, 0.6) is 11.5 Å². The Morgan fingerprint density at radius 2 is 1.56 bits per heavy atom. The van der Waals surface area contributed by atoms with Gasteiger partial charge in [-0.05, 0) is 30.7 Å². The molecule has 2 N–H and O–H groups in total. The highest BCUT2D eigenvalue weighted by Gasteiger charge is 2.10. The lowest BCUT2D eigenvalue weighted by molar-refractivity contribution is 0.391. The van der Waals surface area contributed by atoms with Gasteiger partial charge in [0.1, 0.15) is 11.5 Å². The molecule has 0 aliphatic rings. The zero-order chi connectivity index (χ0) is 12.0. The Bertz CT molecular complexity index is 308. The number of benzene rings is 1. The van der Waals surface area contributed by atoms with Gasteiger partial charge in [-0.15, -0.1) is 0 Å². The minimum atomic E-state index is -0.407. The van der Waals surface area contributed by atoms with Crippen molar-refractivity contribution in [3.63, 3.8) is 0 Å². The summed E-state index contributed by atoms with van der Waals surface area (Å²) in [5.74, 6) is 1.44. The molecule has 3 nitrogen and oxygen atoms in total. The molecule has 4 heteroatoms. The summed E-state index contributed by atoms with van der Waals surface area (Å²) in [5, 5.41) is 0. The molecule has 0 aromatic heterocycles. The highest BCUT2D eigenvalue weighted by atomic mass is 19.1. The maximum absolute atomic E-state index is 12.4. The van der Waals surface area contributed by atoms with E-state index in [1.165, 1.54) is 0 Å². The first-order chi connectivity index (χ1) is 7.76. The van der Waals surface area contributed by atoms with E-state index in [9.17, 15) is 4.39 Å². The predicted molar refractivity (Wildman–Crippen MR) is 62.0 cm³/mol. The number of rotatable bonds is 6. The number of ether oxygens (including phenoxy) is 2. The summed E-state index contributed by atoms with van der Waals surface area (Å²) >= 11 is 0. The van der Waals surface area contributed by atoms with Crippen molar-refractivity contribution >= 4 is 0 Å². The summed E-state index contributed by atoms with van der Waals surface area (Å²) in [6.07, 6.45) is 1.05. The fourth-order valence-corrected chi connectivity index (χ4v) is 1.67. The van der Waals surface area contributed by atoms with E-state index in [4.69, 9.17) is 15.2 Å². The summed E-state index contributed by atoms with van der Waals surface area (Å²) in [6, 6.07) is 3.69. The van der Waals surface area contributed by atoms with E-state index in [0.717, 1.165) is 23.3 Å². The minimum absolute atomic E-state index is 0.336. The largest absolute Gasteiger partial charge is 0.496 e. The van der Waals surface area contributed by atoms with Crippen LogP contribution in [-0.4, -0.2) is 27.4 Å². The summed E-state index contributed by atoms with van der Waals surface area (Å²) in [6.45, 7) is 0.137. The molecule has 0 heterocycles. The van der Waals surface area contributed by atoms with Gasteiger partial charge in [0.25, 0.3) is 0 Å². The molecule has 1 aromatic rings. The van der Waals surface area contributed by atoms with Crippen molar-refractivity contribution < 1.29 is 13.9 Å². The average molecular weight is 227 g/mol. The summed E-state index contributed by atoms with van der Waals surface area (Å²) in [5.41, 5.74) is 7.33. The molecule has 16 heavy (non-hydrogen) atoms. The molecule has 1 rings (SSSR count). The van der Waals surface area contributed by atoms with Gasteiger partial charge in [-0.2, -0.15) is 0 Å². The molecule has 0 saturated carbocycles. The normalized spacial score (nSPS) is 10.2. The van der Waals surface area contributed by atoms with Crippen LogP contribution in [0.1, 0.15) is 11.1 Å². The molecule has 0 unspecified atom stereocenters. The second kappa shape index (κ2) is 6.33. The molecule has 0 amide bonds. The maximum atomic E-state index is 12.4. The molecule has 0 aliphatic carbocycles. The van der Waals surface area contributed by atoms with Crippen LogP contribution < -0.4 is 15.2 Å². The number of methoxy groups -OCH3 is 2. The van der Waals surface area contributed by atoms with Crippen molar-refractivity contribution in [1.82, 2.24) is 0 Å². The molecule has 0 aliphatic heterocycles. The monoisotopic (exact) mass is 227 g/mol. The van der Waals surface area contributed by atoms with Crippen LogP contribution >= 0.6 is 0 Å². The van der Waals surface area contributed by atoms with Gasteiger partial charge in [0.05, 0.1) is 20.9 Å². The highest BCUT2D eigenvalue weighted by Crippen LogP contribution is 2.29. The Morgan fingerprint density at radius 1 is 1.06 bits per heavy atom. The number of alkyl halides is 1. The SMILES string of the molecule is COc1cc(CCF)c(OC)cc1CCN. The van der Waals surface area contributed by atoms with Crippen LogP contribution in [0.25, 0.3) is 0 Å². The zero-order valence-electron chi connectivity index (χ0n) is 9.75. The Kier molecular flexibility index (Phi) is 5.05. The topological polar surface area (TPSA) is 44.5 Å². The molecular weight excluding hydrogens is 209 g/mol. The van der Waals surface area contributed by atoms with Crippen LogP contribution in [0.15, 0.2) is 12.1 Å². The predicted octanol–water partition coefficient (Wildman–Crippen LogP) is 1.72. The van der Waals surface area contributed by atoms with Crippen molar-refractivity contribution in [1.29, 1.82) is 0 Å². The fourth-order valence-electron chi connectivity index (χ4n) is 1.67.